The van der Waals surface area contributed by atoms with Gasteiger partial charge >= 0.3 is 0 Å². The van der Waals surface area contributed by atoms with Crippen LogP contribution in [0.5, 0.6) is 0 Å². The van der Waals surface area contributed by atoms with Crippen molar-refractivity contribution in [2.24, 2.45) is 5.92 Å². The van der Waals surface area contributed by atoms with Gasteiger partial charge in [-0.05, 0) is 37.2 Å². The average Bonchev–Trinajstić information content (AvgIpc) is 2.52. The second-order valence-electron chi connectivity index (χ2n) is 5.69. The van der Waals surface area contributed by atoms with Crippen LogP contribution in [0.4, 0.5) is 0 Å². The van der Waals surface area contributed by atoms with Crippen LogP contribution in [-0.4, -0.2) is 59.3 Å². The number of amides is 2. The highest BCUT2D eigenvalue weighted by molar-refractivity contribution is 7.98. The number of hydrogen-bond acceptors (Lipinski definition) is 3. The molecule has 2 rings (SSSR count). The summed E-state index contributed by atoms with van der Waals surface area (Å²) in [4.78, 5) is 28.4. The van der Waals surface area contributed by atoms with Crippen LogP contribution in [0.25, 0.3) is 0 Å². The molecule has 5 heteroatoms. The number of rotatable bonds is 4. The lowest BCUT2D eigenvalue weighted by atomic mass is 10.0. The van der Waals surface area contributed by atoms with Crippen molar-refractivity contribution in [2.45, 2.75) is 38.6 Å². The van der Waals surface area contributed by atoms with Gasteiger partial charge in [0, 0.05) is 26.1 Å². The third kappa shape index (κ3) is 3.44. The minimum absolute atomic E-state index is 0.165. The van der Waals surface area contributed by atoms with E-state index in [-0.39, 0.29) is 17.9 Å². The van der Waals surface area contributed by atoms with Crippen molar-refractivity contribution in [3.8, 4) is 0 Å². The topological polar surface area (TPSA) is 40.6 Å². The van der Waals surface area contributed by atoms with Gasteiger partial charge in [-0.1, -0.05) is 6.92 Å². The molecule has 0 spiro atoms. The number of fused-ring (bicyclic) bond motifs is 1. The molecule has 0 aromatic rings. The number of thioether (sulfide) groups is 1. The summed E-state index contributed by atoms with van der Waals surface area (Å²) in [7, 11) is 0. The molecule has 0 aliphatic carbocycles. The summed E-state index contributed by atoms with van der Waals surface area (Å²) >= 11 is 1.81. The lowest BCUT2D eigenvalue weighted by Crippen LogP contribution is -2.50. The molecular formula is C14H24N2O2S. The fraction of sp³-hybridized carbons (Fsp3) is 0.857. The van der Waals surface area contributed by atoms with Gasteiger partial charge in [0.15, 0.2) is 0 Å². The standard InChI is InChI=1S/C14H24N2O2S/c1-11(10-19-2)9-15-8-6-13(17)16-7-4-3-5-12(16)14(15)18/h11-12H,3-10H2,1-2H3. The molecule has 0 radical (unpaired) electrons. The molecule has 2 amide bonds. The Bertz CT molecular complexity index is 348. The molecule has 0 aromatic carbocycles. The van der Waals surface area contributed by atoms with Crippen LogP contribution in [0.15, 0.2) is 0 Å². The van der Waals surface area contributed by atoms with Crippen LogP contribution >= 0.6 is 11.8 Å². The molecule has 2 aliphatic rings. The van der Waals surface area contributed by atoms with Crippen molar-refractivity contribution in [3.05, 3.63) is 0 Å². The SMILES string of the molecule is CSCC(C)CN1CCC(=O)N2CCCCC2C1=O. The van der Waals surface area contributed by atoms with Gasteiger partial charge in [0.25, 0.3) is 0 Å². The highest BCUT2D eigenvalue weighted by Crippen LogP contribution is 2.23. The summed E-state index contributed by atoms with van der Waals surface area (Å²) in [6.45, 7) is 4.33. The van der Waals surface area contributed by atoms with Gasteiger partial charge in [-0.15, -0.1) is 0 Å². The lowest BCUT2D eigenvalue weighted by molar-refractivity contribution is -0.143. The molecule has 2 fully saturated rings. The zero-order valence-electron chi connectivity index (χ0n) is 11.9. The lowest BCUT2D eigenvalue weighted by Gasteiger charge is -2.34. The Balaban J connectivity index is 2.05. The van der Waals surface area contributed by atoms with Crippen LogP contribution in [-0.2, 0) is 9.59 Å². The fourth-order valence-corrected chi connectivity index (χ4v) is 3.75. The first-order valence-electron chi connectivity index (χ1n) is 7.20. The third-order valence-corrected chi connectivity index (χ3v) is 4.90. The van der Waals surface area contributed by atoms with E-state index in [1.165, 1.54) is 0 Å². The summed E-state index contributed by atoms with van der Waals surface area (Å²) in [5, 5.41) is 0. The number of hydrogen-bond donors (Lipinski definition) is 0. The Morgan fingerprint density at radius 3 is 2.84 bits per heavy atom. The van der Waals surface area contributed by atoms with E-state index in [1.54, 1.807) is 0 Å². The molecule has 4 nitrogen and oxygen atoms in total. The van der Waals surface area contributed by atoms with E-state index in [4.69, 9.17) is 0 Å². The predicted octanol–water partition coefficient (Wildman–Crippen LogP) is 1.60. The first kappa shape index (κ1) is 14.7. The first-order valence-corrected chi connectivity index (χ1v) is 8.60. The van der Waals surface area contributed by atoms with Crippen molar-refractivity contribution in [2.75, 3.05) is 31.6 Å². The zero-order valence-corrected chi connectivity index (χ0v) is 12.7. The summed E-state index contributed by atoms with van der Waals surface area (Å²) < 4.78 is 0. The Kier molecular flexibility index (Phi) is 5.13. The first-order chi connectivity index (χ1) is 9.13. The molecule has 0 N–H and O–H groups in total. The van der Waals surface area contributed by atoms with Crippen LogP contribution < -0.4 is 0 Å². The van der Waals surface area contributed by atoms with Gasteiger partial charge < -0.3 is 9.80 Å². The van der Waals surface area contributed by atoms with Crippen LogP contribution in [0, 0.1) is 5.92 Å². The Labute approximate surface area is 119 Å². The quantitative estimate of drug-likeness (QED) is 0.787. The number of carbonyl (C=O) groups is 2. The number of piperidine rings is 1. The van der Waals surface area contributed by atoms with Gasteiger partial charge in [0.05, 0.1) is 0 Å². The van der Waals surface area contributed by atoms with Crippen molar-refractivity contribution in [3.63, 3.8) is 0 Å². The van der Waals surface area contributed by atoms with Gasteiger partial charge in [-0.25, -0.2) is 0 Å². The number of carbonyl (C=O) groups excluding carboxylic acids is 2. The Morgan fingerprint density at radius 1 is 1.32 bits per heavy atom. The predicted molar refractivity (Wildman–Crippen MR) is 78.1 cm³/mol. The van der Waals surface area contributed by atoms with Crippen LogP contribution in [0.3, 0.4) is 0 Å². The molecule has 2 atom stereocenters. The molecular weight excluding hydrogens is 260 g/mol. The normalized spacial score (nSPS) is 26.1. The molecule has 2 unspecified atom stereocenters. The zero-order chi connectivity index (χ0) is 13.8. The maximum Gasteiger partial charge on any atom is 0.245 e. The summed E-state index contributed by atoms with van der Waals surface area (Å²) in [5.41, 5.74) is 0. The third-order valence-electron chi connectivity index (χ3n) is 4.00. The molecule has 19 heavy (non-hydrogen) atoms. The highest BCUT2D eigenvalue weighted by Gasteiger charge is 2.37. The van der Waals surface area contributed by atoms with E-state index in [1.807, 2.05) is 21.6 Å². The average molecular weight is 284 g/mol. The molecule has 2 saturated heterocycles. The maximum absolute atomic E-state index is 12.6. The van der Waals surface area contributed by atoms with E-state index in [0.717, 1.165) is 38.1 Å². The van der Waals surface area contributed by atoms with E-state index in [2.05, 4.69) is 13.2 Å². The smallest absolute Gasteiger partial charge is 0.245 e. The fourth-order valence-electron chi connectivity index (χ4n) is 3.08. The van der Waals surface area contributed by atoms with E-state index in [0.29, 0.717) is 18.9 Å². The van der Waals surface area contributed by atoms with Crippen LogP contribution in [0.2, 0.25) is 0 Å². The van der Waals surface area contributed by atoms with E-state index < -0.39 is 0 Å². The Morgan fingerprint density at radius 2 is 2.11 bits per heavy atom. The van der Waals surface area contributed by atoms with Crippen LogP contribution in [0.1, 0.15) is 32.6 Å². The van der Waals surface area contributed by atoms with Gasteiger partial charge in [0.1, 0.15) is 6.04 Å². The summed E-state index contributed by atoms with van der Waals surface area (Å²) in [6, 6.07) is -0.176. The van der Waals surface area contributed by atoms with Gasteiger partial charge in [0.2, 0.25) is 11.8 Å². The largest absolute Gasteiger partial charge is 0.340 e. The molecule has 0 saturated carbocycles. The maximum atomic E-state index is 12.6. The van der Waals surface area contributed by atoms with Gasteiger partial charge in [-0.2, -0.15) is 11.8 Å². The van der Waals surface area contributed by atoms with Crippen molar-refractivity contribution >= 4 is 23.6 Å². The van der Waals surface area contributed by atoms with Crippen molar-refractivity contribution in [1.29, 1.82) is 0 Å². The second kappa shape index (κ2) is 6.64. The highest BCUT2D eigenvalue weighted by atomic mass is 32.2. The Hall–Kier alpha value is -0.710. The monoisotopic (exact) mass is 284 g/mol. The van der Waals surface area contributed by atoms with Crippen molar-refractivity contribution < 1.29 is 9.59 Å². The molecule has 108 valence electrons. The molecule has 0 aromatic heterocycles. The van der Waals surface area contributed by atoms with E-state index >= 15 is 0 Å². The minimum atomic E-state index is -0.176. The minimum Gasteiger partial charge on any atom is -0.340 e. The molecule has 2 heterocycles. The summed E-state index contributed by atoms with van der Waals surface area (Å²) in [6.07, 6.45) is 5.53. The molecule has 0 bridgehead atoms. The molecule has 2 aliphatic heterocycles. The summed E-state index contributed by atoms with van der Waals surface area (Å²) in [5.74, 6) is 1.90. The van der Waals surface area contributed by atoms with E-state index in [9.17, 15) is 9.59 Å². The second-order valence-corrected chi connectivity index (χ2v) is 6.60. The number of nitrogens with zero attached hydrogens (tertiary/aromatic N) is 2. The van der Waals surface area contributed by atoms with Gasteiger partial charge in [-0.3, -0.25) is 9.59 Å². The van der Waals surface area contributed by atoms with Crippen molar-refractivity contribution in [1.82, 2.24) is 9.80 Å².